The Balaban J connectivity index is 1.87. The predicted octanol–water partition coefficient (Wildman–Crippen LogP) is 3.76. The zero-order valence-electron chi connectivity index (χ0n) is 16.0. The molecule has 0 aliphatic carbocycles. The number of carbonyl (C=O) groups is 1. The minimum atomic E-state index is -0.433. The van der Waals surface area contributed by atoms with Gasteiger partial charge in [-0.1, -0.05) is 42.0 Å². The molecule has 0 bridgehead atoms. The second-order valence-electron chi connectivity index (χ2n) is 6.64. The van der Waals surface area contributed by atoms with Gasteiger partial charge >= 0.3 is 0 Å². The standard InChI is InChI=1S/C23H19N3O3/c1-15-7-5-8-16(13-15)21-24-20-12-4-3-11-19(20)23(28)26(21)25-22(27)17-9-6-10-18(14-17)29-2/h3-14H,1-2H3,(H,25,27). The van der Waals surface area contributed by atoms with Crippen molar-refractivity contribution in [2.45, 2.75) is 6.92 Å². The van der Waals surface area contributed by atoms with Crippen LogP contribution in [-0.4, -0.2) is 22.7 Å². The van der Waals surface area contributed by atoms with E-state index in [1.54, 1.807) is 42.5 Å². The zero-order valence-corrected chi connectivity index (χ0v) is 16.0. The van der Waals surface area contributed by atoms with Gasteiger partial charge in [0.25, 0.3) is 11.5 Å². The molecule has 1 N–H and O–H groups in total. The molecule has 0 saturated heterocycles. The number of nitrogens with one attached hydrogen (secondary N) is 1. The van der Waals surface area contributed by atoms with Crippen molar-refractivity contribution >= 4 is 16.8 Å². The molecule has 0 fully saturated rings. The average molecular weight is 385 g/mol. The molecule has 4 aromatic rings. The van der Waals surface area contributed by atoms with Crippen LogP contribution in [0.2, 0.25) is 0 Å². The van der Waals surface area contributed by atoms with Gasteiger partial charge < -0.3 is 4.74 Å². The summed E-state index contributed by atoms with van der Waals surface area (Å²) in [5.41, 5.74) is 5.06. The van der Waals surface area contributed by atoms with E-state index in [1.807, 2.05) is 37.3 Å². The van der Waals surface area contributed by atoms with Gasteiger partial charge in [0.2, 0.25) is 0 Å². The smallest absolute Gasteiger partial charge is 0.280 e. The van der Waals surface area contributed by atoms with Crippen molar-refractivity contribution in [2.75, 3.05) is 12.5 Å². The molecule has 0 spiro atoms. The summed E-state index contributed by atoms with van der Waals surface area (Å²) in [7, 11) is 1.53. The first kappa shape index (κ1) is 18.4. The third-order valence-electron chi connectivity index (χ3n) is 4.60. The number of amides is 1. The number of ether oxygens (including phenoxy) is 1. The van der Waals surface area contributed by atoms with Gasteiger partial charge in [0.1, 0.15) is 5.75 Å². The Kier molecular flexibility index (Phi) is 4.83. The largest absolute Gasteiger partial charge is 0.497 e. The van der Waals surface area contributed by atoms with Crippen molar-refractivity contribution in [3.05, 3.63) is 94.3 Å². The first-order valence-electron chi connectivity index (χ1n) is 9.11. The van der Waals surface area contributed by atoms with Gasteiger partial charge in [-0.05, 0) is 43.3 Å². The van der Waals surface area contributed by atoms with Crippen LogP contribution in [0.3, 0.4) is 0 Å². The predicted molar refractivity (Wildman–Crippen MR) is 113 cm³/mol. The number of methoxy groups -OCH3 is 1. The molecule has 0 aliphatic heterocycles. The maximum atomic E-state index is 13.2. The van der Waals surface area contributed by atoms with E-state index in [4.69, 9.17) is 4.74 Å². The molecule has 1 heterocycles. The molecule has 0 atom stereocenters. The Morgan fingerprint density at radius 3 is 2.59 bits per heavy atom. The monoisotopic (exact) mass is 385 g/mol. The number of rotatable bonds is 4. The quantitative estimate of drug-likeness (QED) is 0.580. The number of aromatic nitrogens is 2. The highest BCUT2D eigenvalue weighted by Crippen LogP contribution is 2.20. The van der Waals surface area contributed by atoms with Crippen LogP contribution < -0.4 is 15.7 Å². The number of nitrogens with zero attached hydrogens (tertiary/aromatic N) is 2. The molecule has 0 unspecified atom stereocenters. The van der Waals surface area contributed by atoms with Crippen LogP contribution in [-0.2, 0) is 0 Å². The maximum Gasteiger partial charge on any atom is 0.280 e. The highest BCUT2D eigenvalue weighted by molar-refractivity contribution is 6.00. The minimum absolute atomic E-state index is 0.344. The van der Waals surface area contributed by atoms with Gasteiger partial charge in [-0.15, -0.1) is 0 Å². The summed E-state index contributed by atoms with van der Waals surface area (Å²) in [6.45, 7) is 1.96. The van der Waals surface area contributed by atoms with E-state index >= 15 is 0 Å². The Hall–Kier alpha value is -3.93. The van der Waals surface area contributed by atoms with Gasteiger partial charge in [-0.3, -0.25) is 15.0 Å². The summed E-state index contributed by atoms with van der Waals surface area (Å²) >= 11 is 0. The van der Waals surface area contributed by atoms with Gasteiger partial charge in [0, 0.05) is 11.1 Å². The van der Waals surface area contributed by atoms with Crippen LogP contribution in [0.4, 0.5) is 0 Å². The molecule has 144 valence electrons. The lowest BCUT2D eigenvalue weighted by Gasteiger charge is -2.15. The molecule has 1 amide bonds. The van der Waals surface area contributed by atoms with E-state index in [1.165, 1.54) is 11.8 Å². The van der Waals surface area contributed by atoms with Crippen molar-refractivity contribution in [3.63, 3.8) is 0 Å². The third kappa shape index (κ3) is 3.60. The lowest BCUT2D eigenvalue weighted by atomic mass is 10.1. The Morgan fingerprint density at radius 2 is 1.79 bits per heavy atom. The highest BCUT2D eigenvalue weighted by Gasteiger charge is 2.16. The van der Waals surface area contributed by atoms with Crippen LogP contribution in [0.5, 0.6) is 5.75 Å². The molecule has 0 radical (unpaired) electrons. The topological polar surface area (TPSA) is 73.2 Å². The summed E-state index contributed by atoms with van der Waals surface area (Å²) in [5, 5.41) is 0.426. The van der Waals surface area contributed by atoms with Crippen molar-refractivity contribution < 1.29 is 9.53 Å². The molecule has 0 aliphatic rings. The molecular weight excluding hydrogens is 366 g/mol. The Labute approximate surface area is 167 Å². The number of hydrogen-bond acceptors (Lipinski definition) is 4. The summed E-state index contributed by atoms with van der Waals surface area (Å²) in [5.74, 6) is 0.492. The molecule has 29 heavy (non-hydrogen) atoms. The van der Waals surface area contributed by atoms with E-state index in [0.717, 1.165) is 11.1 Å². The van der Waals surface area contributed by atoms with Crippen LogP contribution >= 0.6 is 0 Å². The van der Waals surface area contributed by atoms with Crippen LogP contribution in [0.25, 0.3) is 22.3 Å². The normalized spacial score (nSPS) is 10.7. The summed E-state index contributed by atoms with van der Waals surface area (Å²) in [4.78, 5) is 30.7. The Morgan fingerprint density at radius 1 is 1.00 bits per heavy atom. The van der Waals surface area contributed by atoms with Crippen LogP contribution in [0, 0.1) is 6.92 Å². The van der Waals surface area contributed by atoms with E-state index in [0.29, 0.717) is 28.0 Å². The first-order valence-corrected chi connectivity index (χ1v) is 9.11. The van der Waals surface area contributed by atoms with Crippen LogP contribution in [0.1, 0.15) is 15.9 Å². The molecule has 4 rings (SSSR count). The Bertz CT molecular complexity index is 1280. The fraction of sp³-hybridized carbons (Fsp3) is 0.0870. The molecule has 3 aromatic carbocycles. The molecular formula is C23H19N3O3. The second kappa shape index (κ2) is 7.59. The SMILES string of the molecule is COc1cccc(C(=O)Nn2c(-c3cccc(C)c3)nc3ccccc3c2=O)c1. The minimum Gasteiger partial charge on any atom is -0.497 e. The van der Waals surface area contributed by atoms with Gasteiger partial charge in [-0.25, -0.2) is 4.98 Å². The lowest BCUT2D eigenvalue weighted by Crippen LogP contribution is -2.35. The van der Waals surface area contributed by atoms with Crippen molar-refractivity contribution in [1.29, 1.82) is 0 Å². The number of aryl methyl sites for hydroxylation is 1. The molecule has 0 saturated carbocycles. The first-order chi connectivity index (χ1) is 14.1. The number of hydrogen-bond donors (Lipinski definition) is 1. The number of carbonyl (C=O) groups excluding carboxylic acids is 1. The number of para-hydroxylation sites is 1. The fourth-order valence-electron chi connectivity index (χ4n) is 3.14. The number of benzene rings is 3. The van der Waals surface area contributed by atoms with Crippen LogP contribution in [0.15, 0.2) is 77.6 Å². The summed E-state index contributed by atoms with van der Waals surface area (Å²) in [6, 6.07) is 21.4. The number of fused-ring (bicyclic) bond motifs is 1. The van der Waals surface area contributed by atoms with Gasteiger partial charge in [0.15, 0.2) is 5.82 Å². The highest BCUT2D eigenvalue weighted by atomic mass is 16.5. The summed E-state index contributed by atoms with van der Waals surface area (Å²) in [6.07, 6.45) is 0. The van der Waals surface area contributed by atoms with E-state index in [2.05, 4.69) is 10.4 Å². The van der Waals surface area contributed by atoms with Crippen molar-refractivity contribution in [1.82, 2.24) is 9.66 Å². The van der Waals surface area contributed by atoms with E-state index in [-0.39, 0.29) is 5.56 Å². The van der Waals surface area contributed by atoms with Crippen molar-refractivity contribution in [3.8, 4) is 17.1 Å². The van der Waals surface area contributed by atoms with E-state index < -0.39 is 5.91 Å². The lowest BCUT2D eigenvalue weighted by molar-refractivity contribution is 0.101. The third-order valence-corrected chi connectivity index (χ3v) is 4.60. The fourth-order valence-corrected chi connectivity index (χ4v) is 3.14. The second-order valence-corrected chi connectivity index (χ2v) is 6.64. The van der Waals surface area contributed by atoms with Crippen molar-refractivity contribution in [2.24, 2.45) is 0 Å². The molecule has 6 nitrogen and oxygen atoms in total. The maximum absolute atomic E-state index is 13.2. The van der Waals surface area contributed by atoms with Gasteiger partial charge in [-0.2, -0.15) is 4.68 Å². The molecule has 6 heteroatoms. The molecule has 1 aromatic heterocycles. The van der Waals surface area contributed by atoms with E-state index in [9.17, 15) is 9.59 Å². The van der Waals surface area contributed by atoms with Gasteiger partial charge in [0.05, 0.1) is 18.0 Å². The average Bonchev–Trinajstić information content (AvgIpc) is 2.75. The summed E-state index contributed by atoms with van der Waals surface area (Å²) < 4.78 is 6.39. The zero-order chi connectivity index (χ0) is 20.4.